The topological polar surface area (TPSA) is 102 Å². The average Bonchev–Trinajstić information content (AvgIpc) is 3.25. The summed E-state index contributed by atoms with van der Waals surface area (Å²) in [6.45, 7) is 18.1. The predicted octanol–water partition coefficient (Wildman–Crippen LogP) is 5.96. The van der Waals surface area contributed by atoms with E-state index in [9.17, 15) is 9.59 Å². The van der Waals surface area contributed by atoms with Crippen molar-refractivity contribution in [1.29, 1.82) is 0 Å². The Morgan fingerprint density at radius 3 is 1.62 bits per heavy atom. The number of nitrogens with zero attached hydrogens (tertiary/aromatic N) is 4. The zero-order valence-corrected chi connectivity index (χ0v) is 37.2. The SMILES string of the molecule is CCOCCOCCOc1ccc(CCC[C@@H](C(=O)OC)N2CCN(Cc3ccccc3)CCN(Cc3ccccc3)CCN([C@H](COC(C)(C)C)C(=O)OC)CC2)cc1. The van der Waals surface area contributed by atoms with Crippen molar-refractivity contribution in [2.24, 2.45) is 0 Å². The lowest BCUT2D eigenvalue weighted by atomic mass is 10.0. The van der Waals surface area contributed by atoms with Gasteiger partial charge in [-0.25, -0.2) is 0 Å². The summed E-state index contributed by atoms with van der Waals surface area (Å²) in [5.74, 6) is 0.225. The third-order valence-electron chi connectivity index (χ3n) is 10.8. The van der Waals surface area contributed by atoms with Gasteiger partial charge in [-0.2, -0.15) is 0 Å². The summed E-state index contributed by atoms with van der Waals surface area (Å²) >= 11 is 0. The summed E-state index contributed by atoms with van der Waals surface area (Å²) in [5.41, 5.74) is 3.24. The van der Waals surface area contributed by atoms with Gasteiger partial charge in [-0.3, -0.25) is 29.2 Å². The molecule has 60 heavy (non-hydrogen) atoms. The molecule has 332 valence electrons. The minimum Gasteiger partial charge on any atom is -0.491 e. The minimum atomic E-state index is -0.608. The van der Waals surface area contributed by atoms with Crippen LogP contribution in [0.4, 0.5) is 0 Å². The van der Waals surface area contributed by atoms with Gasteiger partial charge in [0.05, 0.1) is 46.2 Å². The van der Waals surface area contributed by atoms with E-state index in [0.29, 0.717) is 65.6 Å². The van der Waals surface area contributed by atoms with Crippen molar-refractivity contribution in [2.45, 2.75) is 77.7 Å². The maximum Gasteiger partial charge on any atom is 0.325 e. The molecule has 3 aromatic rings. The normalized spacial score (nSPS) is 16.6. The van der Waals surface area contributed by atoms with Gasteiger partial charge in [0, 0.05) is 72.1 Å². The summed E-state index contributed by atoms with van der Waals surface area (Å²) in [7, 11) is 2.91. The standard InChI is InChI=1S/C48H72N4O8/c1-7-57-33-34-58-35-36-59-43-23-21-40(22-24-43)19-14-20-44(46(53)55-5)51-29-27-49(37-41-15-10-8-11-16-41)25-26-50(38-42-17-12-9-13-18-42)28-30-52(32-31-51)45(47(54)56-6)39-60-48(2,3)4/h8-13,15-18,21-24,44-45H,7,14,19-20,25-39H2,1-6H3/t44-,45+/m0/s1. The molecular formula is C48H72N4O8. The van der Waals surface area contributed by atoms with Crippen LogP contribution in [0.2, 0.25) is 0 Å². The first kappa shape index (κ1) is 48.8. The third-order valence-corrected chi connectivity index (χ3v) is 10.8. The molecule has 1 heterocycles. The molecule has 0 spiro atoms. The van der Waals surface area contributed by atoms with Crippen LogP contribution in [0.5, 0.6) is 5.75 Å². The fraction of sp³-hybridized carbons (Fsp3) is 0.583. The molecule has 0 aromatic heterocycles. The molecule has 0 radical (unpaired) electrons. The van der Waals surface area contributed by atoms with Crippen LogP contribution >= 0.6 is 0 Å². The van der Waals surface area contributed by atoms with Crippen LogP contribution in [0.1, 0.15) is 57.2 Å². The number of hydrogen-bond donors (Lipinski definition) is 0. The lowest BCUT2D eigenvalue weighted by Gasteiger charge is -2.38. The first-order chi connectivity index (χ1) is 29.1. The number of carbonyl (C=O) groups is 2. The van der Waals surface area contributed by atoms with Crippen LogP contribution < -0.4 is 4.74 Å². The number of rotatable bonds is 22. The highest BCUT2D eigenvalue weighted by Crippen LogP contribution is 2.19. The molecule has 12 heteroatoms. The van der Waals surface area contributed by atoms with Crippen LogP contribution in [0.25, 0.3) is 0 Å². The second-order valence-electron chi connectivity index (χ2n) is 16.3. The van der Waals surface area contributed by atoms with Gasteiger partial charge in [0.25, 0.3) is 0 Å². The summed E-state index contributed by atoms with van der Waals surface area (Å²) in [6.07, 6.45) is 2.22. The summed E-state index contributed by atoms with van der Waals surface area (Å²) in [4.78, 5) is 36.7. The first-order valence-electron chi connectivity index (χ1n) is 21.8. The van der Waals surface area contributed by atoms with E-state index in [4.69, 9.17) is 28.4 Å². The Kier molecular flexibility index (Phi) is 22.1. The monoisotopic (exact) mass is 833 g/mol. The van der Waals surface area contributed by atoms with Gasteiger partial charge >= 0.3 is 11.9 Å². The Labute approximate surface area is 360 Å². The number of hydrogen-bond acceptors (Lipinski definition) is 12. The molecule has 0 unspecified atom stereocenters. The van der Waals surface area contributed by atoms with E-state index >= 15 is 0 Å². The van der Waals surface area contributed by atoms with Crippen molar-refractivity contribution in [3.63, 3.8) is 0 Å². The van der Waals surface area contributed by atoms with E-state index < -0.39 is 17.7 Å². The molecule has 2 atom stereocenters. The first-order valence-corrected chi connectivity index (χ1v) is 21.8. The highest BCUT2D eigenvalue weighted by molar-refractivity contribution is 5.76. The quantitative estimate of drug-likeness (QED) is 0.0883. The number of methoxy groups -OCH3 is 2. The number of benzene rings is 3. The Balaban J connectivity index is 1.53. The highest BCUT2D eigenvalue weighted by Gasteiger charge is 2.33. The molecule has 1 aliphatic heterocycles. The van der Waals surface area contributed by atoms with Crippen molar-refractivity contribution < 1.29 is 38.0 Å². The average molecular weight is 833 g/mol. The molecule has 0 amide bonds. The summed E-state index contributed by atoms with van der Waals surface area (Å²) in [6, 6.07) is 28.2. The number of aryl methyl sites for hydroxylation is 1. The summed E-state index contributed by atoms with van der Waals surface area (Å²) in [5, 5.41) is 0. The Bertz CT molecular complexity index is 1610. The second kappa shape index (κ2) is 27.1. The molecule has 12 nitrogen and oxygen atoms in total. The van der Waals surface area contributed by atoms with Crippen LogP contribution in [-0.2, 0) is 52.8 Å². The Morgan fingerprint density at radius 2 is 1.08 bits per heavy atom. The zero-order valence-electron chi connectivity index (χ0n) is 37.2. The van der Waals surface area contributed by atoms with Crippen LogP contribution in [0, 0.1) is 0 Å². The predicted molar refractivity (Wildman–Crippen MR) is 236 cm³/mol. The fourth-order valence-corrected chi connectivity index (χ4v) is 7.36. The molecule has 4 rings (SSSR count). The largest absolute Gasteiger partial charge is 0.491 e. The molecule has 0 bridgehead atoms. The maximum atomic E-state index is 13.7. The number of carbonyl (C=O) groups excluding carboxylic acids is 2. The molecule has 1 aliphatic rings. The molecule has 1 saturated heterocycles. The van der Waals surface area contributed by atoms with Gasteiger partial charge < -0.3 is 28.4 Å². The van der Waals surface area contributed by atoms with E-state index in [1.165, 1.54) is 30.9 Å². The lowest BCUT2D eigenvalue weighted by molar-refractivity contribution is -0.153. The third kappa shape index (κ3) is 18.4. The van der Waals surface area contributed by atoms with Crippen LogP contribution in [-0.4, -0.2) is 155 Å². The molecule has 3 aromatic carbocycles. The van der Waals surface area contributed by atoms with Crippen molar-refractivity contribution in [3.8, 4) is 5.75 Å². The van der Waals surface area contributed by atoms with Gasteiger partial charge in [-0.05, 0) is 75.8 Å². The van der Waals surface area contributed by atoms with E-state index in [0.717, 1.165) is 57.9 Å². The molecular weight excluding hydrogens is 761 g/mol. The fourth-order valence-electron chi connectivity index (χ4n) is 7.36. The second-order valence-corrected chi connectivity index (χ2v) is 16.3. The van der Waals surface area contributed by atoms with E-state index in [-0.39, 0.29) is 18.5 Å². The number of ether oxygens (including phenoxy) is 6. The zero-order chi connectivity index (χ0) is 43.0. The van der Waals surface area contributed by atoms with Crippen molar-refractivity contribution in [2.75, 3.05) is 106 Å². The lowest BCUT2D eigenvalue weighted by Crippen LogP contribution is -2.54. The number of esters is 2. The van der Waals surface area contributed by atoms with E-state index in [1.54, 1.807) is 0 Å². The van der Waals surface area contributed by atoms with Gasteiger partial charge in [-0.15, -0.1) is 0 Å². The summed E-state index contributed by atoms with van der Waals surface area (Å²) < 4.78 is 33.8. The smallest absolute Gasteiger partial charge is 0.325 e. The van der Waals surface area contributed by atoms with Crippen molar-refractivity contribution in [1.82, 2.24) is 19.6 Å². The Morgan fingerprint density at radius 1 is 0.600 bits per heavy atom. The van der Waals surface area contributed by atoms with E-state index in [1.807, 2.05) is 45.9 Å². The van der Waals surface area contributed by atoms with Crippen LogP contribution in [0.3, 0.4) is 0 Å². The Hall–Kier alpha value is -3.88. The van der Waals surface area contributed by atoms with Crippen molar-refractivity contribution in [3.05, 3.63) is 102 Å². The van der Waals surface area contributed by atoms with Gasteiger partial charge in [0.1, 0.15) is 24.4 Å². The van der Waals surface area contributed by atoms with Crippen molar-refractivity contribution >= 4 is 11.9 Å². The maximum absolute atomic E-state index is 13.7. The van der Waals surface area contributed by atoms with Crippen LogP contribution in [0.15, 0.2) is 84.9 Å². The highest BCUT2D eigenvalue weighted by atomic mass is 16.5. The minimum absolute atomic E-state index is 0.201. The molecule has 1 fully saturated rings. The van der Waals surface area contributed by atoms with E-state index in [2.05, 4.69) is 86.3 Å². The van der Waals surface area contributed by atoms with Gasteiger partial charge in [0.2, 0.25) is 0 Å². The molecule has 0 N–H and O–H groups in total. The van der Waals surface area contributed by atoms with Gasteiger partial charge in [0.15, 0.2) is 0 Å². The van der Waals surface area contributed by atoms with Gasteiger partial charge in [-0.1, -0.05) is 72.8 Å². The molecule has 0 aliphatic carbocycles. The molecule has 0 saturated carbocycles.